The summed E-state index contributed by atoms with van der Waals surface area (Å²) in [5, 5.41) is 0. The van der Waals surface area contributed by atoms with Gasteiger partial charge in [0.2, 0.25) is 0 Å². The van der Waals surface area contributed by atoms with E-state index >= 15 is 0 Å². The van der Waals surface area contributed by atoms with Gasteiger partial charge in [0.05, 0.1) is 15.7 Å². The van der Waals surface area contributed by atoms with Gasteiger partial charge >= 0.3 is 0 Å². The zero-order chi connectivity index (χ0) is 12.2. The van der Waals surface area contributed by atoms with E-state index in [1.807, 2.05) is 20.8 Å². The van der Waals surface area contributed by atoms with Crippen LogP contribution in [0.1, 0.15) is 66.2 Å². The summed E-state index contributed by atoms with van der Waals surface area (Å²) < 4.78 is 15.3. The van der Waals surface area contributed by atoms with Crippen molar-refractivity contribution in [3.05, 3.63) is 0 Å². The van der Waals surface area contributed by atoms with Gasteiger partial charge in [-0.05, 0) is 46.0 Å². The second kappa shape index (κ2) is 6.15. The molecule has 0 heterocycles. The Morgan fingerprint density at radius 3 is 2.25 bits per heavy atom. The highest BCUT2D eigenvalue weighted by Gasteiger charge is 2.27. The quantitative estimate of drug-likeness (QED) is 0.808. The lowest BCUT2D eigenvalue weighted by Gasteiger charge is -2.32. The molecular formula is C13H27NOS. The van der Waals surface area contributed by atoms with E-state index < -0.39 is 11.0 Å². The summed E-state index contributed by atoms with van der Waals surface area (Å²) in [5.41, 5.74) is 0. The molecule has 2 nitrogen and oxygen atoms in total. The molecule has 0 spiro atoms. The molecule has 0 radical (unpaired) electrons. The van der Waals surface area contributed by atoms with Gasteiger partial charge in [0.25, 0.3) is 0 Å². The number of hydrogen-bond acceptors (Lipinski definition) is 1. The first-order chi connectivity index (χ1) is 7.45. The minimum absolute atomic E-state index is 0.151. The summed E-state index contributed by atoms with van der Waals surface area (Å²) in [5.74, 6) is 0.741. The van der Waals surface area contributed by atoms with Crippen molar-refractivity contribution in [2.75, 3.05) is 0 Å². The van der Waals surface area contributed by atoms with Gasteiger partial charge in [-0.15, -0.1) is 0 Å². The highest BCUT2D eigenvalue weighted by Crippen LogP contribution is 2.28. The molecule has 96 valence electrons. The Balaban J connectivity index is 2.50. The van der Waals surface area contributed by atoms with Crippen molar-refractivity contribution in [1.82, 2.24) is 4.72 Å². The van der Waals surface area contributed by atoms with E-state index in [1.165, 1.54) is 32.1 Å². The SMILES string of the molecule is CC[C@@H](N[S@@](=O)C(C)(C)C)C1CCCCC1. The zero-order valence-electron chi connectivity index (χ0n) is 11.2. The van der Waals surface area contributed by atoms with Gasteiger partial charge in [-0.3, -0.25) is 0 Å². The molecule has 2 atom stereocenters. The standard InChI is InChI=1S/C13H27NOS/c1-5-12(11-9-7-6-8-10-11)14-16(15)13(2,3)4/h11-12,14H,5-10H2,1-4H3/t12-,16+/m1/s1. The summed E-state index contributed by atoms with van der Waals surface area (Å²) in [6, 6.07) is 0.445. The van der Waals surface area contributed by atoms with Crippen molar-refractivity contribution < 1.29 is 4.21 Å². The van der Waals surface area contributed by atoms with Gasteiger partial charge in [0.15, 0.2) is 0 Å². The Morgan fingerprint density at radius 1 is 1.25 bits per heavy atom. The molecule has 0 amide bonds. The van der Waals surface area contributed by atoms with Crippen molar-refractivity contribution in [3.63, 3.8) is 0 Å². The van der Waals surface area contributed by atoms with Crippen LogP contribution in [-0.4, -0.2) is 15.0 Å². The molecule has 0 aromatic carbocycles. The lowest BCUT2D eigenvalue weighted by atomic mass is 9.83. The third-order valence-electron chi connectivity index (χ3n) is 3.47. The van der Waals surface area contributed by atoms with Crippen LogP contribution in [-0.2, 0) is 11.0 Å². The monoisotopic (exact) mass is 245 g/mol. The number of nitrogens with one attached hydrogen (secondary N) is 1. The van der Waals surface area contributed by atoms with Gasteiger partial charge in [-0.2, -0.15) is 0 Å². The Bertz CT molecular complexity index is 229. The Hall–Kier alpha value is 0.110. The average Bonchev–Trinajstić information content (AvgIpc) is 2.25. The van der Waals surface area contributed by atoms with Gasteiger partial charge in [-0.1, -0.05) is 26.2 Å². The highest BCUT2D eigenvalue weighted by molar-refractivity contribution is 7.84. The number of hydrogen-bond donors (Lipinski definition) is 1. The van der Waals surface area contributed by atoms with E-state index in [1.54, 1.807) is 0 Å². The molecule has 1 rings (SSSR count). The normalized spacial score (nSPS) is 23.0. The molecular weight excluding hydrogens is 218 g/mol. The van der Waals surface area contributed by atoms with Crippen LogP contribution in [0.2, 0.25) is 0 Å². The molecule has 1 N–H and O–H groups in total. The minimum Gasteiger partial charge on any atom is -0.242 e. The van der Waals surface area contributed by atoms with Crippen LogP contribution in [0.25, 0.3) is 0 Å². The van der Waals surface area contributed by atoms with Gasteiger partial charge in [0.1, 0.15) is 0 Å². The molecule has 1 aliphatic rings. The van der Waals surface area contributed by atoms with Crippen LogP contribution in [0.3, 0.4) is 0 Å². The lowest BCUT2D eigenvalue weighted by molar-refractivity contribution is 0.287. The summed E-state index contributed by atoms with van der Waals surface area (Å²) >= 11 is 0. The van der Waals surface area contributed by atoms with Crippen molar-refractivity contribution >= 4 is 11.0 Å². The van der Waals surface area contributed by atoms with Crippen molar-refractivity contribution in [1.29, 1.82) is 0 Å². The van der Waals surface area contributed by atoms with Crippen LogP contribution in [0, 0.1) is 5.92 Å². The third kappa shape index (κ3) is 4.17. The second-order valence-electron chi connectivity index (χ2n) is 5.91. The average molecular weight is 245 g/mol. The molecule has 0 aromatic rings. The highest BCUT2D eigenvalue weighted by atomic mass is 32.2. The van der Waals surface area contributed by atoms with E-state index in [0.717, 1.165) is 12.3 Å². The maximum absolute atomic E-state index is 12.1. The Kier molecular flexibility index (Phi) is 5.45. The predicted molar refractivity (Wildman–Crippen MR) is 71.7 cm³/mol. The van der Waals surface area contributed by atoms with E-state index in [0.29, 0.717) is 6.04 Å². The van der Waals surface area contributed by atoms with Crippen LogP contribution in [0.15, 0.2) is 0 Å². The van der Waals surface area contributed by atoms with E-state index in [-0.39, 0.29) is 4.75 Å². The fourth-order valence-corrected chi connectivity index (χ4v) is 3.35. The molecule has 0 aliphatic heterocycles. The van der Waals surface area contributed by atoms with Gasteiger partial charge in [0, 0.05) is 6.04 Å². The molecule has 0 bridgehead atoms. The molecule has 0 saturated heterocycles. The fourth-order valence-electron chi connectivity index (χ4n) is 2.36. The fraction of sp³-hybridized carbons (Fsp3) is 1.00. The summed E-state index contributed by atoms with van der Waals surface area (Å²) in [6.45, 7) is 8.29. The molecule has 0 aromatic heterocycles. The van der Waals surface area contributed by atoms with Crippen molar-refractivity contribution in [2.24, 2.45) is 5.92 Å². The molecule has 16 heavy (non-hydrogen) atoms. The summed E-state index contributed by atoms with van der Waals surface area (Å²) in [7, 11) is -0.919. The Morgan fingerprint density at radius 2 is 1.81 bits per heavy atom. The number of rotatable bonds is 4. The maximum atomic E-state index is 12.1. The van der Waals surface area contributed by atoms with Crippen LogP contribution in [0.4, 0.5) is 0 Å². The van der Waals surface area contributed by atoms with Crippen LogP contribution < -0.4 is 4.72 Å². The largest absolute Gasteiger partial charge is 0.242 e. The predicted octanol–water partition coefficient (Wildman–Crippen LogP) is 3.40. The minimum atomic E-state index is -0.919. The maximum Gasteiger partial charge on any atom is 0.0972 e. The van der Waals surface area contributed by atoms with Crippen molar-refractivity contribution in [3.8, 4) is 0 Å². The molecule has 1 fully saturated rings. The third-order valence-corrected chi connectivity index (χ3v) is 5.10. The smallest absolute Gasteiger partial charge is 0.0972 e. The van der Waals surface area contributed by atoms with Crippen molar-refractivity contribution in [2.45, 2.75) is 77.0 Å². The first-order valence-electron chi connectivity index (χ1n) is 6.63. The topological polar surface area (TPSA) is 29.1 Å². The second-order valence-corrected chi connectivity index (χ2v) is 7.91. The summed E-state index contributed by atoms with van der Waals surface area (Å²) in [4.78, 5) is 0. The molecule has 0 unspecified atom stereocenters. The zero-order valence-corrected chi connectivity index (χ0v) is 12.0. The lowest BCUT2D eigenvalue weighted by Crippen LogP contribution is -2.43. The molecule has 3 heteroatoms. The molecule has 1 saturated carbocycles. The van der Waals surface area contributed by atoms with Gasteiger partial charge in [-0.25, -0.2) is 8.93 Å². The Labute approximate surface area is 103 Å². The summed E-state index contributed by atoms with van der Waals surface area (Å²) in [6.07, 6.45) is 7.80. The first-order valence-corrected chi connectivity index (χ1v) is 7.78. The van der Waals surface area contributed by atoms with Gasteiger partial charge < -0.3 is 0 Å². The van der Waals surface area contributed by atoms with E-state index in [9.17, 15) is 4.21 Å². The van der Waals surface area contributed by atoms with Crippen LogP contribution >= 0.6 is 0 Å². The first kappa shape index (κ1) is 14.2. The van der Waals surface area contributed by atoms with E-state index in [2.05, 4.69) is 11.6 Å². The molecule has 1 aliphatic carbocycles. The van der Waals surface area contributed by atoms with E-state index in [4.69, 9.17) is 0 Å². The van der Waals surface area contributed by atoms with Crippen LogP contribution in [0.5, 0.6) is 0 Å².